The molecule has 0 bridgehead atoms. The Morgan fingerprint density at radius 1 is 0.895 bits per heavy atom. The highest BCUT2D eigenvalue weighted by molar-refractivity contribution is 5.73. The molecule has 2 aliphatic rings. The van der Waals surface area contributed by atoms with Crippen LogP contribution in [-0.4, -0.2) is 86.7 Å². The van der Waals surface area contributed by atoms with Crippen LogP contribution in [0.5, 0.6) is 0 Å². The lowest BCUT2D eigenvalue weighted by atomic mass is 10.2. The monoisotopic (exact) mass is 558 g/mol. The Balaban J connectivity index is 0.000000301. The van der Waals surface area contributed by atoms with Crippen molar-refractivity contribution in [1.82, 2.24) is 19.4 Å². The smallest absolute Gasteiger partial charge is 0.475 e. The van der Waals surface area contributed by atoms with Crippen LogP contribution >= 0.6 is 0 Å². The quantitative estimate of drug-likeness (QED) is 0.552. The van der Waals surface area contributed by atoms with Crippen LogP contribution in [0, 0.1) is 5.82 Å². The number of ether oxygens (including phenoxy) is 1. The molecule has 1 aromatic heterocycles. The summed E-state index contributed by atoms with van der Waals surface area (Å²) >= 11 is 0. The van der Waals surface area contributed by atoms with Crippen molar-refractivity contribution < 1.29 is 55.3 Å². The van der Waals surface area contributed by atoms with E-state index in [1.165, 1.54) is 6.07 Å². The molecule has 16 heteroatoms. The van der Waals surface area contributed by atoms with Crippen LogP contribution in [-0.2, 0) is 40.5 Å². The van der Waals surface area contributed by atoms with Crippen molar-refractivity contribution in [2.75, 3.05) is 32.8 Å². The SMILES string of the molecule is Fc1cccc(CN2CCn3cc(CN4CCOCC4)nc3C2)c1.O=C(O)C(F)(F)F.O=C(O)C(F)(F)F. The summed E-state index contributed by atoms with van der Waals surface area (Å²) in [6.45, 7) is 7.99. The average molecular weight is 558 g/mol. The minimum Gasteiger partial charge on any atom is -0.475 e. The minimum atomic E-state index is -5.08. The third-order valence-electron chi connectivity index (χ3n) is 5.20. The molecule has 0 unspecified atom stereocenters. The summed E-state index contributed by atoms with van der Waals surface area (Å²) in [6, 6.07) is 6.86. The molecule has 0 aliphatic carbocycles. The second-order valence-corrected chi connectivity index (χ2v) is 8.18. The Kier molecular flexibility index (Phi) is 11.0. The van der Waals surface area contributed by atoms with Crippen LogP contribution in [0.2, 0.25) is 0 Å². The predicted octanol–water partition coefficient (Wildman–Crippen LogP) is 3.14. The van der Waals surface area contributed by atoms with Crippen molar-refractivity contribution in [3.8, 4) is 0 Å². The van der Waals surface area contributed by atoms with Gasteiger partial charge in [0, 0.05) is 45.5 Å². The zero-order chi connectivity index (χ0) is 28.5. The molecule has 0 amide bonds. The highest BCUT2D eigenvalue weighted by Crippen LogP contribution is 2.17. The van der Waals surface area contributed by atoms with Gasteiger partial charge in [-0.3, -0.25) is 9.80 Å². The maximum absolute atomic E-state index is 13.3. The molecule has 2 aliphatic heterocycles. The number of fused-ring (bicyclic) bond motifs is 1. The van der Waals surface area contributed by atoms with Gasteiger partial charge in [-0.15, -0.1) is 0 Å². The Hall–Kier alpha value is -3.24. The Labute approximate surface area is 212 Å². The summed E-state index contributed by atoms with van der Waals surface area (Å²) < 4.78 is 84.5. The van der Waals surface area contributed by atoms with Gasteiger partial charge in [-0.05, 0) is 17.7 Å². The highest BCUT2D eigenvalue weighted by atomic mass is 19.4. The van der Waals surface area contributed by atoms with E-state index in [0.717, 1.165) is 76.1 Å². The lowest BCUT2D eigenvalue weighted by molar-refractivity contribution is -0.193. The number of imidazole rings is 1. The maximum Gasteiger partial charge on any atom is 0.490 e. The van der Waals surface area contributed by atoms with Crippen LogP contribution in [0.4, 0.5) is 30.7 Å². The first kappa shape index (κ1) is 31.0. The molecule has 1 fully saturated rings. The molecule has 0 radical (unpaired) electrons. The van der Waals surface area contributed by atoms with Crippen LogP contribution in [0.3, 0.4) is 0 Å². The number of rotatable bonds is 4. The van der Waals surface area contributed by atoms with Crippen LogP contribution < -0.4 is 0 Å². The first-order valence-electron chi connectivity index (χ1n) is 11.1. The van der Waals surface area contributed by atoms with Crippen LogP contribution in [0.1, 0.15) is 17.1 Å². The fourth-order valence-corrected chi connectivity index (χ4v) is 3.45. The van der Waals surface area contributed by atoms with Crippen molar-refractivity contribution >= 4 is 11.9 Å². The van der Waals surface area contributed by atoms with E-state index in [2.05, 4.69) is 20.6 Å². The molecule has 1 saturated heterocycles. The third kappa shape index (κ3) is 10.6. The van der Waals surface area contributed by atoms with Crippen molar-refractivity contribution in [2.24, 2.45) is 0 Å². The average Bonchev–Trinajstić information content (AvgIpc) is 3.21. The number of hydrogen-bond acceptors (Lipinski definition) is 6. The Morgan fingerprint density at radius 2 is 1.47 bits per heavy atom. The molecule has 0 saturated carbocycles. The second-order valence-electron chi connectivity index (χ2n) is 8.18. The van der Waals surface area contributed by atoms with Gasteiger partial charge in [0.05, 0.1) is 25.5 Å². The number of nitrogens with zero attached hydrogens (tertiary/aromatic N) is 4. The van der Waals surface area contributed by atoms with Gasteiger partial charge >= 0.3 is 24.3 Å². The topological polar surface area (TPSA) is 108 Å². The summed E-state index contributed by atoms with van der Waals surface area (Å²) in [7, 11) is 0. The summed E-state index contributed by atoms with van der Waals surface area (Å²) in [5, 5.41) is 14.2. The number of carboxylic acid groups (broad SMARTS) is 2. The lowest BCUT2D eigenvalue weighted by Gasteiger charge is -2.27. The number of benzene rings is 1. The number of hydrogen-bond donors (Lipinski definition) is 2. The third-order valence-corrected chi connectivity index (χ3v) is 5.20. The number of halogens is 7. The number of aromatic nitrogens is 2. The molecule has 212 valence electrons. The molecule has 0 atom stereocenters. The van der Waals surface area contributed by atoms with E-state index >= 15 is 0 Å². The van der Waals surface area contributed by atoms with E-state index in [1.54, 1.807) is 12.1 Å². The van der Waals surface area contributed by atoms with E-state index in [0.29, 0.717) is 0 Å². The van der Waals surface area contributed by atoms with Gasteiger partial charge in [0.15, 0.2) is 0 Å². The van der Waals surface area contributed by atoms with Gasteiger partial charge in [-0.2, -0.15) is 26.3 Å². The number of morpholine rings is 1. The van der Waals surface area contributed by atoms with E-state index in [4.69, 9.17) is 29.5 Å². The number of carboxylic acids is 2. The molecule has 0 spiro atoms. The first-order chi connectivity index (χ1) is 17.6. The van der Waals surface area contributed by atoms with Crippen molar-refractivity contribution in [3.05, 3.63) is 53.4 Å². The predicted molar refractivity (Wildman–Crippen MR) is 116 cm³/mol. The molecule has 4 rings (SSSR count). The maximum atomic E-state index is 13.3. The van der Waals surface area contributed by atoms with Crippen molar-refractivity contribution in [1.29, 1.82) is 0 Å². The first-order valence-corrected chi connectivity index (χ1v) is 11.1. The largest absolute Gasteiger partial charge is 0.490 e. The molecule has 2 N–H and O–H groups in total. The van der Waals surface area contributed by atoms with Gasteiger partial charge in [0.25, 0.3) is 0 Å². The normalized spacial score (nSPS) is 16.4. The molecular formula is C22H25F7N4O5. The van der Waals surface area contributed by atoms with Crippen molar-refractivity contribution in [2.45, 2.75) is 38.5 Å². The van der Waals surface area contributed by atoms with E-state index in [9.17, 15) is 30.7 Å². The van der Waals surface area contributed by atoms with Gasteiger partial charge in [0.2, 0.25) is 0 Å². The van der Waals surface area contributed by atoms with E-state index in [1.807, 2.05) is 6.07 Å². The molecule has 38 heavy (non-hydrogen) atoms. The van der Waals surface area contributed by atoms with Gasteiger partial charge < -0.3 is 19.5 Å². The van der Waals surface area contributed by atoms with Gasteiger partial charge in [-0.25, -0.2) is 19.0 Å². The Morgan fingerprint density at radius 3 is 2.00 bits per heavy atom. The van der Waals surface area contributed by atoms with E-state index in [-0.39, 0.29) is 5.82 Å². The summed E-state index contributed by atoms with van der Waals surface area (Å²) in [4.78, 5) is 27.3. The van der Waals surface area contributed by atoms with Crippen LogP contribution in [0.15, 0.2) is 30.5 Å². The standard InChI is InChI=1S/C18H23FN4O.2C2HF3O2/c19-16-3-1-2-15(10-16)11-22-4-5-23-13-17(20-18(23)14-22)12-21-6-8-24-9-7-21;2*3-2(4,5)1(6)7/h1-3,10,13H,4-9,11-12,14H2;2*(H,6,7). The number of aliphatic carboxylic acids is 2. The summed E-state index contributed by atoms with van der Waals surface area (Å²) in [6.07, 6.45) is -7.98. The summed E-state index contributed by atoms with van der Waals surface area (Å²) in [5.74, 6) is -4.57. The van der Waals surface area contributed by atoms with Gasteiger partial charge in [0.1, 0.15) is 11.6 Å². The fraction of sp³-hybridized carbons (Fsp3) is 0.500. The molecular weight excluding hydrogens is 533 g/mol. The zero-order valence-corrected chi connectivity index (χ0v) is 19.8. The van der Waals surface area contributed by atoms with Gasteiger partial charge in [-0.1, -0.05) is 12.1 Å². The molecule has 3 heterocycles. The van der Waals surface area contributed by atoms with E-state index < -0.39 is 24.3 Å². The molecule has 1 aromatic carbocycles. The molecule has 2 aromatic rings. The molecule has 9 nitrogen and oxygen atoms in total. The summed E-state index contributed by atoms with van der Waals surface area (Å²) in [5.41, 5.74) is 2.16. The number of carbonyl (C=O) groups is 2. The fourth-order valence-electron chi connectivity index (χ4n) is 3.45. The Bertz CT molecular complexity index is 1050. The lowest BCUT2D eigenvalue weighted by Crippen LogP contribution is -2.35. The second kappa shape index (κ2) is 13.5. The minimum absolute atomic E-state index is 0.168. The number of alkyl halides is 6. The highest BCUT2D eigenvalue weighted by Gasteiger charge is 2.38. The van der Waals surface area contributed by atoms with Crippen LogP contribution in [0.25, 0.3) is 0 Å². The zero-order valence-electron chi connectivity index (χ0n) is 19.8. The van der Waals surface area contributed by atoms with Crippen molar-refractivity contribution in [3.63, 3.8) is 0 Å².